The fourth-order valence-electron chi connectivity index (χ4n) is 2.85. The summed E-state index contributed by atoms with van der Waals surface area (Å²) in [5.74, 6) is -0.313. The molecule has 1 aliphatic heterocycles. The Balaban J connectivity index is 1.92. The van der Waals surface area contributed by atoms with E-state index in [4.69, 9.17) is 4.74 Å². The number of benzene rings is 2. The molecular formula is C21H21NO2. The van der Waals surface area contributed by atoms with Crippen LogP contribution in [0.25, 0.3) is 0 Å². The minimum Gasteiger partial charge on any atom is -0.465 e. The normalized spacial score (nSPS) is 16.7. The third kappa shape index (κ3) is 3.57. The van der Waals surface area contributed by atoms with Crippen molar-refractivity contribution in [2.45, 2.75) is 19.5 Å². The van der Waals surface area contributed by atoms with Gasteiger partial charge in [0.05, 0.1) is 18.7 Å². The molecule has 0 bridgehead atoms. The number of carbonyl (C=O) groups is 1. The van der Waals surface area contributed by atoms with Crippen LogP contribution in [0.15, 0.2) is 78.5 Å². The summed E-state index contributed by atoms with van der Waals surface area (Å²) in [7, 11) is 1.41. The van der Waals surface area contributed by atoms with Crippen LogP contribution in [-0.2, 0) is 16.1 Å². The Hall–Kier alpha value is -2.81. The van der Waals surface area contributed by atoms with E-state index in [9.17, 15) is 4.79 Å². The number of carbonyl (C=O) groups excluding carboxylic acids is 1. The highest BCUT2D eigenvalue weighted by molar-refractivity contribution is 5.91. The van der Waals surface area contributed by atoms with E-state index >= 15 is 0 Å². The maximum atomic E-state index is 11.9. The first kappa shape index (κ1) is 16.1. The van der Waals surface area contributed by atoms with Gasteiger partial charge in [-0.05, 0) is 24.1 Å². The van der Waals surface area contributed by atoms with Crippen LogP contribution in [0.5, 0.6) is 0 Å². The van der Waals surface area contributed by atoms with Gasteiger partial charge < -0.3 is 9.64 Å². The molecule has 2 aromatic rings. The molecule has 3 heteroatoms. The van der Waals surface area contributed by atoms with E-state index < -0.39 is 0 Å². The molecule has 0 N–H and O–H groups in total. The number of ether oxygens (including phenoxy) is 1. The zero-order valence-electron chi connectivity index (χ0n) is 14.0. The lowest BCUT2D eigenvalue weighted by molar-refractivity contribution is -0.135. The average Bonchev–Trinajstić information content (AvgIpc) is 2.63. The van der Waals surface area contributed by atoms with E-state index in [1.807, 2.05) is 30.5 Å². The number of nitrogens with zero attached hydrogens (tertiary/aromatic N) is 1. The van der Waals surface area contributed by atoms with Gasteiger partial charge in [-0.25, -0.2) is 4.79 Å². The van der Waals surface area contributed by atoms with Crippen molar-refractivity contribution in [3.63, 3.8) is 0 Å². The van der Waals surface area contributed by atoms with E-state index in [1.54, 1.807) is 0 Å². The first-order valence-corrected chi connectivity index (χ1v) is 8.02. The standard InChI is InChI=1S/C21H21NO2/c1-16-8-10-18(11-9-16)20-13-12-19(21(23)24-2)15-22(20)14-17-6-4-3-5-7-17/h3-13,15,20H,14H2,1-2H3/t20-/m1/s1. The van der Waals surface area contributed by atoms with Gasteiger partial charge in [-0.3, -0.25) is 0 Å². The zero-order chi connectivity index (χ0) is 16.9. The monoisotopic (exact) mass is 319 g/mol. The summed E-state index contributed by atoms with van der Waals surface area (Å²) in [6.45, 7) is 2.81. The van der Waals surface area contributed by atoms with Gasteiger partial charge in [0.1, 0.15) is 0 Å². The van der Waals surface area contributed by atoms with Crippen LogP contribution in [0.4, 0.5) is 0 Å². The van der Waals surface area contributed by atoms with Crippen molar-refractivity contribution in [3.8, 4) is 0 Å². The molecule has 0 saturated carbocycles. The van der Waals surface area contributed by atoms with Gasteiger partial charge >= 0.3 is 5.97 Å². The molecule has 3 rings (SSSR count). The van der Waals surface area contributed by atoms with E-state index in [-0.39, 0.29) is 12.0 Å². The van der Waals surface area contributed by atoms with Crippen molar-refractivity contribution >= 4 is 5.97 Å². The van der Waals surface area contributed by atoms with Crippen molar-refractivity contribution in [2.24, 2.45) is 0 Å². The molecule has 0 fully saturated rings. The molecule has 24 heavy (non-hydrogen) atoms. The molecule has 1 atom stereocenters. The van der Waals surface area contributed by atoms with Crippen LogP contribution in [-0.4, -0.2) is 18.0 Å². The molecule has 1 heterocycles. The van der Waals surface area contributed by atoms with Gasteiger partial charge in [0.25, 0.3) is 0 Å². The molecule has 0 amide bonds. The average molecular weight is 319 g/mol. The van der Waals surface area contributed by atoms with E-state index in [0.29, 0.717) is 5.57 Å². The first-order chi connectivity index (χ1) is 11.7. The fraction of sp³-hybridized carbons (Fsp3) is 0.190. The molecule has 0 saturated heterocycles. The predicted molar refractivity (Wildman–Crippen MR) is 95.1 cm³/mol. The Morgan fingerprint density at radius 1 is 1.08 bits per heavy atom. The number of methoxy groups -OCH3 is 1. The van der Waals surface area contributed by atoms with Crippen molar-refractivity contribution in [2.75, 3.05) is 7.11 Å². The molecule has 122 valence electrons. The van der Waals surface area contributed by atoms with Gasteiger partial charge in [-0.2, -0.15) is 0 Å². The quantitative estimate of drug-likeness (QED) is 0.792. The summed E-state index contributed by atoms with van der Waals surface area (Å²) in [5, 5.41) is 0. The van der Waals surface area contributed by atoms with Crippen LogP contribution < -0.4 is 0 Å². The summed E-state index contributed by atoms with van der Waals surface area (Å²) < 4.78 is 4.86. The Morgan fingerprint density at radius 2 is 1.79 bits per heavy atom. The maximum Gasteiger partial charge on any atom is 0.339 e. The summed E-state index contributed by atoms with van der Waals surface area (Å²) >= 11 is 0. The second-order valence-electron chi connectivity index (χ2n) is 5.95. The second kappa shape index (κ2) is 7.18. The number of hydrogen-bond donors (Lipinski definition) is 0. The van der Waals surface area contributed by atoms with Gasteiger partial charge in [0, 0.05) is 12.7 Å². The SMILES string of the molecule is COC(=O)C1=CN(Cc2ccccc2)[C@@H](c2ccc(C)cc2)C=C1. The van der Waals surface area contributed by atoms with Crippen LogP contribution >= 0.6 is 0 Å². The number of aryl methyl sites for hydroxylation is 1. The van der Waals surface area contributed by atoms with Crippen molar-refractivity contribution in [3.05, 3.63) is 95.2 Å². The smallest absolute Gasteiger partial charge is 0.339 e. The largest absolute Gasteiger partial charge is 0.465 e. The highest BCUT2D eigenvalue weighted by Gasteiger charge is 2.22. The Kier molecular flexibility index (Phi) is 4.80. The van der Waals surface area contributed by atoms with Crippen molar-refractivity contribution in [1.82, 2.24) is 4.90 Å². The van der Waals surface area contributed by atoms with Gasteiger partial charge in [-0.1, -0.05) is 66.2 Å². The number of hydrogen-bond acceptors (Lipinski definition) is 3. The molecule has 0 unspecified atom stereocenters. The predicted octanol–water partition coefficient (Wildman–Crippen LogP) is 4.17. The second-order valence-corrected chi connectivity index (χ2v) is 5.95. The molecule has 0 spiro atoms. The lowest BCUT2D eigenvalue weighted by Gasteiger charge is -2.32. The molecule has 3 nitrogen and oxygen atoms in total. The number of esters is 1. The first-order valence-electron chi connectivity index (χ1n) is 8.02. The molecule has 0 aliphatic carbocycles. The highest BCUT2D eigenvalue weighted by atomic mass is 16.5. The fourth-order valence-corrected chi connectivity index (χ4v) is 2.85. The Labute approximate surface area is 142 Å². The third-order valence-corrected chi connectivity index (χ3v) is 4.17. The molecule has 2 aromatic carbocycles. The molecule has 0 radical (unpaired) electrons. The van der Waals surface area contributed by atoms with Gasteiger partial charge in [-0.15, -0.1) is 0 Å². The van der Waals surface area contributed by atoms with Gasteiger partial charge in [0.2, 0.25) is 0 Å². The van der Waals surface area contributed by atoms with E-state index in [2.05, 4.69) is 54.3 Å². The minimum atomic E-state index is -0.313. The summed E-state index contributed by atoms with van der Waals surface area (Å²) in [4.78, 5) is 14.1. The van der Waals surface area contributed by atoms with Crippen LogP contribution in [0.2, 0.25) is 0 Å². The molecule has 0 aromatic heterocycles. The van der Waals surface area contributed by atoms with E-state index in [1.165, 1.54) is 23.8 Å². The Bertz CT molecular complexity index is 760. The zero-order valence-corrected chi connectivity index (χ0v) is 14.0. The van der Waals surface area contributed by atoms with Crippen LogP contribution in [0, 0.1) is 6.92 Å². The molecule has 1 aliphatic rings. The van der Waals surface area contributed by atoms with E-state index in [0.717, 1.165) is 6.54 Å². The highest BCUT2D eigenvalue weighted by Crippen LogP contribution is 2.29. The van der Waals surface area contributed by atoms with Gasteiger partial charge in [0.15, 0.2) is 0 Å². The summed E-state index contributed by atoms with van der Waals surface area (Å²) in [6.07, 6.45) is 5.79. The van der Waals surface area contributed by atoms with Crippen molar-refractivity contribution in [1.29, 1.82) is 0 Å². The molecular weight excluding hydrogens is 298 g/mol. The topological polar surface area (TPSA) is 29.5 Å². The Morgan fingerprint density at radius 3 is 2.46 bits per heavy atom. The lowest BCUT2D eigenvalue weighted by Crippen LogP contribution is -2.26. The van der Waals surface area contributed by atoms with Crippen LogP contribution in [0.1, 0.15) is 22.7 Å². The summed E-state index contributed by atoms with van der Waals surface area (Å²) in [5.41, 5.74) is 4.20. The van der Waals surface area contributed by atoms with Crippen LogP contribution in [0.3, 0.4) is 0 Å². The number of rotatable bonds is 4. The third-order valence-electron chi connectivity index (χ3n) is 4.17. The lowest BCUT2D eigenvalue weighted by atomic mass is 9.99. The maximum absolute atomic E-state index is 11.9. The summed E-state index contributed by atoms with van der Waals surface area (Å²) in [6, 6.07) is 18.9. The van der Waals surface area contributed by atoms with Crippen molar-refractivity contribution < 1.29 is 9.53 Å². The minimum absolute atomic E-state index is 0.0965.